The van der Waals surface area contributed by atoms with E-state index in [9.17, 15) is 15.3 Å². The largest absolute Gasteiger partial charge is 0.393 e. The Hall–Kier alpha value is -0.940. The molecule has 2 aliphatic rings. The van der Waals surface area contributed by atoms with E-state index in [0.717, 1.165) is 19.3 Å². The average molecular weight is 306 g/mol. The van der Waals surface area contributed by atoms with Crippen LogP contribution in [-0.4, -0.2) is 39.9 Å². The summed E-state index contributed by atoms with van der Waals surface area (Å²) in [4.78, 5) is 0. The maximum atomic E-state index is 10.2. The zero-order valence-electron chi connectivity index (χ0n) is 12.8. The van der Waals surface area contributed by atoms with Crippen LogP contribution in [0.4, 0.5) is 0 Å². The van der Waals surface area contributed by atoms with Crippen LogP contribution in [0.15, 0.2) is 30.3 Å². The molecule has 2 fully saturated rings. The Bertz CT molecular complexity index is 463. The van der Waals surface area contributed by atoms with Gasteiger partial charge in [-0.1, -0.05) is 30.3 Å². The summed E-state index contributed by atoms with van der Waals surface area (Å²) < 4.78 is 5.43. The van der Waals surface area contributed by atoms with Crippen molar-refractivity contribution in [1.29, 1.82) is 0 Å². The van der Waals surface area contributed by atoms with Crippen LogP contribution in [0.2, 0.25) is 0 Å². The minimum absolute atomic E-state index is 0.00328. The highest BCUT2D eigenvalue weighted by atomic mass is 16.6. The van der Waals surface area contributed by atoms with E-state index in [-0.39, 0.29) is 30.1 Å². The van der Waals surface area contributed by atoms with Gasteiger partial charge in [-0.05, 0) is 43.1 Å². The van der Waals surface area contributed by atoms with Crippen molar-refractivity contribution < 1.29 is 20.1 Å². The minimum Gasteiger partial charge on any atom is -0.393 e. The standard InChI is InChI=1S/C18H26O4/c19-13(7-6-12-4-2-1-3-5-12)8-9-14-15-10-18(21)22-17(15)11-16(14)20/h1-5,13-21H,6-11H2/t13-,14?,15?,16?,17?,18?/m0/s1. The molecule has 1 saturated heterocycles. The zero-order chi connectivity index (χ0) is 15.5. The fourth-order valence-corrected chi connectivity index (χ4v) is 4.04. The number of rotatable bonds is 6. The molecule has 0 bridgehead atoms. The molecule has 3 rings (SSSR count). The van der Waals surface area contributed by atoms with Crippen LogP contribution in [0.3, 0.4) is 0 Å². The van der Waals surface area contributed by atoms with Gasteiger partial charge in [0, 0.05) is 12.8 Å². The molecule has 0 spiro atoms. The molecule has 5 unspecified atom stereocenters. The van der Waals surface area contributed by atoms with Gasteiger partial charge in [0.1, 0.15) is 0 Å². The Morgan fingerprint density at radius 3 is 2.64 bits per heavy atom. The van der Waals surface area contributed by atoms with Gasteiger partial charge in [-0.2, -0.15) is 0 Å². The van der Waals surface area contributed by atoms with E-state index in [4.69, 9.17) is 4.74 Å². The molecule has 3 N–H and O–H groups in total. The Labute approximate surface area is 131 Å². The molecular weight excluding hydrogens is 280 g/mol. The first-order valence-electron chi connectivity index (χ1n) is 8.37. The zero-order valence-corrected chi connectivity index (χ0v) is 12.8. The fraction of sp³-hybridized carbons (Fsp3) is 0.667. The number of aliphatic hydroxyl groups excluding tert-OH is 3. The normalized spacial score (nSPS) is 35.5. The molecule has 4 nitrogen and oxygen atoms in total. The number of fused-ring (bicyclic) bond motifs is 1. The number of hydrogen-bond acceptors (Lipinski definition) is 4. The van der Waals surface area contributed by atoms with Crippen molar-refractivity contribution in [2.24, 2.45) is 11.8 Å². The lowest BCUT2D eigenvalue weighted by molar-refractivity contribution is -0.0951. The molecule has 0 aromatic heterocycles. The van der Waals surface area contributed by atoms with Gasteiger partial charge in [0.15, 0.2) is 6.29 Å². The molecular formula is C18H26O4. The summed E-state index contributed by atoms with van der Waals surface area (Å²) >= 11 is 0. The molecule has 1 aromatic rings. The van der Waals surface area contributed by atoms with Crippen molar-refractivity contribution in [2.45, 2.75) is 63.1 Å². The Balaban J connectivity index is 1.43. The molecule has 22 heavy (non-hydrogen) atoms. The number of aliphatic hydroxyl groups is 3. The quantitative estimate of drug-likeness (QED) is 0.750. The van der Waals surface area contributed by atoms with Crippen molar-refractivity contribution in [3.63, 3.8) is 0 Å². The minimum atomic E-state index is -0.673. The summed E-state index contributed by atoms with van der Waals surface area (Å²) in [5, 5.41) is 29.9. The Morgan fingerprint density at radius 2 is 1.86 bits per heavy atom. The molecule has 1 aliphatic carbocycles. The van der Waals surface area contributed by atoms with E-state index in [0.29, 0.717) is 19.3 Å². The van der Waals surface area contributed by atoms with Gasteiger partial charge in [-0.25, -0.2) is 0 Å². The van der Waals surface area contributed by atoms with Crippen LogP contribution in [0.1, 0.15) is 37.7 Å². The van der Waals surface area contributed by atoms with Gasteiger partial charge in [0.05, 0.1) is 18.3 Å². The topological polar surface area (TPSA) is 69.9 Å². The number of hydrogen-bond donors (Lipinski definition) is 3. The smallest absolute Gasteiger partial charge is 0.155 e. The van der Waals surface area contributed by atoms with Crippen molar-refractivity contribution >= 4 is 0 Å². The monoisotopic (exact) mass is 306 g/mol. The summed E-state index contributed by atoms with van der Waals surface area (Å²) in [6.45, 7) is 0. The molecule has 1 aliphatic heterocycles. The van der Waals surface area contributed by atoms with Crippen LogP contribution < -0.4 is 0 Å². The van der Waals surface area contributed by atoms with E-state index in [1.54, 1.807) is 0 Å². The Kier molecular flexibility index (Phi) is 5.14. The number of ether oxygens (including phenoxy) is 1. The molecule has 122 valence electrons. The van der Waals surface area contributed by atoms with Gasteiger partial charge in [-0.3, -0.25) is 0 Å². The second-order valence-corrected chi connectivity index (χ2v) is 6.75. The van der Waals surface area contributed by atoms with Gasteiger partial charge in [-0.15, -0.1) is 0 Å². The van der Waals surface area contributed by atoms with Crippen molar-refractivity contribution in [3.8, 4) is 0 Å². The lowest BCUT2D eigenvalue weighted by Gasteiger charge is -2.21. The second kappa shape index (κ2) is 7.09. The molecule has 6 atom stereocenters. The van der Waals surface area contributed by atoms with E-state index in [1.165, 1.54) is 5.56 Å². The highest BCUT2D eigenvalue weighted by Crippen LogP contribution is 2.44. The summed E-state index contributed by atoms with van der Waals surface area (Å²) in [5.41, 5.74) is 1.25. The van der Waals surface area contributed by atoms with Crippen molar-refractivity contribution in [1.82, 2.24) is 0 Å². The SMILES string of the molecule is OC1CC2C(CC(O)C2CC[C@@H](O)CCc2ccccc2)O1. The summed E-state index contributed by atoms with van der Waals surface area (Å²) in [6, 6.07) is 10.2. The van der Waals surface area contributed by atoms with Crippen LogP contribution in [0.25, 0.3) is 0 Å². The molecule has 1 aromatic carbocycles. The maximum absolute atomic E-state index is 10.2. The van der Waals surface area contributed by atoms with Gasteiger partial charge >= 0.3 is 0 Å². The molecule has 0 radical (unpaired) electrons. The van der Waals surface area contributed by atoms with Gasteiger partial charge < -0.3 is 20.1 Å². The lowest BCUT2D eigenvalue weighted by Crippen LogP contribution is -2.22. The third-order valence-electron chi connectivity index (χ3n) is 5.24. The van der Waals surface area contributed by atoms with Crippen LogP contribution in [0.5, 0.6) is 0 Å². The summed E-state index contributed by atoms with van der Waals surface area (Å²) in [7, 11) is 0. The third-order valence-corrected chi connectivity index (χ3v) is 5.24. The van der Waals surface area contributed by atoms with E-state index in [1.807, 2.05) is 18.2 Å². The average Bonchev–Trinajstić information content (AvgIpc) is 2.99. The second-order valence-electron chi connectivity index (χ2n) is 6.75. The first-order chi connectivity index (χ1) is 10.6. The number of benzene rings is 1. The van der Waals surface area contributed by atoms with E-state index >= 15 is 0 Å². The third kappa shape index (κ3) is 3.69. The first kappa shape index (κ1) is 15.9. The van der Waals surface area contributed by atoms with Gasteiger partial charge in [0.25, 0.3) is 0 Å². The predicted octanol–water partition coefficient (Wildman–Crippen LogP) is 1.86. The van der Waals surface area contributed by atoms with E-state index in [2.05, 4.69) is 12.1 Å². The van der Waals surface area contributed by atoms with Gasteiger partial charge in [0.2, 0.25) is 0 Å². The highest BCUT2D eigenvalue weighted by Gasteiger charge is 2.48. The van der Waals surface area contributed by atoms with Crippen LogP contribution in [-0.2, 0) is 11.2 Å². The molecule has 1 heterocycles. The molecule has 1 saturated carbocycles. The van der Waals surface area contributed by atoms with Crippen LogP contribution in [0, 0.1) is 11.8 Å². The fourth-order valence-electron chi connectivity index (χ4n) is 4.04. The Morgan fingerprint density at radius 1 is 1.09 bits per heavy atom. The lowest BCUT2D eigenvalue weighted by atomic mass is 9.86. The number of aryl methyl sites for hydroxylation is 1. The van der Waals surface area contributed by atoms with Crippen LogP contribution >= 0.6 is 0 Å². The predicted molar refractivity (Wildman–Crippen MR) is 83.1 cm³/mol. The highest BCUT2D eigenvalue weighted by molar-refractivity contribution is 5.14. The molecule has 4 heteroatoms. The van der Waals surface area contributed by atoms with Crippen molar-refractivity contribution in [2.75, 3.05) is 0 Å². The first-order valence-corrected chi connectivity index (χ1v) is 8.37. The maximum Gasteiger partial charge on any atom is 0.155 e. The summed E-state index contributed by atoms with van der Waals surface area (Å²) in [6.07, 6.45) is 3.00. The summed E-state index contributed by atoms with van der Waals surface area (Å²) in [5.74, 6) is 0.389. The van der Waals surface area contributed by atoms with E-state index < -0.39 is 6.29 Å². The van der Waals surface area contributed by atoms with Crippen molar-refractivity contribution in [3.05, 3.63) is 35.9 Å². The molecule has 0 amide bonds.